The molecule has 0 spiro atoms. The van der Waals surface area contributed by atoms with E-state index in [0.717, 1.165) is 12.1 Å². The normalized spacial score (nSPS) is 23.6. The van der Waals surface area contributed by atoms with Crippen molar-refractivity contribution in [3.8, 4) is 0 Å². The van der Waals surface area contributed by atoms with Crippen LogP contribution in [0.2, 0.25) is 0 Å². The van der Waals surface area contributed by atoms with E-state index in [-0.39, 0.29) is 18.7 Å². The predicted molar refractivity (Wildman–Crippen MR) is 65.2 cm³/mol. The lowest BCUT2D eigenvalue weighted by atomic mass is 10.1. The van der Waals surface area contributed by atoms with Gasteiger partial charge in [-0.05, 0) is 25.5 Å². The summed E-state index contributed by atoms with van der Waals surface area (Å²) in [5.74, 6) is -0.812. The number of anilines is 1. The van der Waals surface area contributed by atoms with Gasteiger partial charge in [0.25, 0.3) is 0 Å². The largest absolute Gasteiger partial charge is 0.480 e. The Hall–Kier alpha value is -1.55. The fourth-order valence-corrected chi connectivity index (χ4v) is 2.29. The summed E-state index contributed by atoms with van der Waals surface area (Å²) in [4.78, 5) is 12.9. The number of hydrogen-bond acceptors (Lipinski definition) is 3. The van der Waals surface area contributed by atoms with Gasteiger partial charge in [0.05, 0.1) is 12.1 Å². The topological polar surface area (TPSA) is 49.8 Å². The Balaban J connectivity index is 2.22. The lowest BCUT2D eigenvalue weighted by molar-refractivity contribution is -0.135. The molecule has 0 bridgehead atoms. The van der Waals surface area contributed by atoms with Crippen LogP contribution in [0.5, 0.6) is 0 Å². The average Bonchev–Trinajstić information content (AvgIpc) is 2.73. The van der Waals surface area contributed by atoms with Crippen molar-refractivity contribution in [3.63, 3.8) is 0 Å². The molecule has 0 radical (unpaired) electrons. The van der Waals surface area contributed by atoms with E-state index in [1.807, 2.05) is 42.2 Å². The lowest BCUT2D eigenvalue weighted by Gasteiger charge is -2.31. The Kier molecular flexibility index (Phi) is 3.64. The highest BCUT2D eigenvalue weighted by Gasteiger charge is 2.31. The second-order valence-electron chi connectivity index (χ2n) is 4.29. The molecule has 0 aromatic heterocycles. The molecule has 0 amide bonds. The fraction of sp³-hybridized carbons (Fsp3) is 0.462. The van der Waals surface area contributed by atoms with Crippen LogP contribution in [0.4, 0.5) is 5.69 Å². The standard InChI is InChI=1S/C13H17NO3/c1-10-12(7-8-17-10)14(9-13(15)16)11-5-3-2-4-6-11/h2-6,10,12H,7-9H2,1H3,(H,15,16). The zero-order valence-corrected chi connectivity index (χ0v) is 9.87. The molecule has 1 aliphatic rings. The molecule has 92 valence electrons. The van der Waals surface area contributed by atoms with Crippen molar-refractivity contribution in [3.05, 3.63) is 30.3 Å². The molecule has 2 atom stereocenters. The lowest BCUT2D eigenvalue weighted by Crippen LogP contribution is -2.43. The maximum absolute atomic E-state index is 11.0. The van der Waals surface area contributed by atoms with Crippen molar-refractivity contribution in [1.82, 2.24) is 0 Å². The Bertz CT molecular complexity index is 380. The summed E-state index contributed by atoms with van der Waals surface area (Å²) in [6, 6.07) is 9.79. The molecule has 17 heavy (non-hydrogen) atoms. The first-order valence-electron chi connectivity index (χ1n) is 5.83. The van der Waals surface area contributed by atoms with Gasteiger partial charge in [0.1, 0.15) is 6.54 Å². The van der Waals surface area contributed by atoms with Crippen LogP contribution in [-0.4, -0.2) is 36.4 Å². The molecule has 1 heterocycles. The number of ether oxygens (including phenoxy) is 1. The van der Waals surface area contributed by atoms with Gasteiger partial charge in [-0.2, -0.15) is 0 Å². The number of benzene rings is 1. The van der Waals surface area contributed by atoms with Crippen LogP contribution in [-0.2, 0) is 9.53 Å². The van der Waals surface area contributed by atoms with Gasteiger partial charge in [-0.1, -0.05) is 18.2 Å². The van der Waals surface area contributed by atoms with Gasteiger partial charge in [0.2, 0.25) is 0 Å². The minimum atomic E-state index is -0.812. The molecule has 1 aromatic rings. The highest BCUT2D eigenvalue weighted by Crippen LogP contribution is 2.25. The van der Waals surface area contributed by atoms with E-state index >= 15 is 0 Å². The second-order valence-corrected chi connectivity index (χ2v) is 4.29. The molecule has 2 rings (SSSR count). The quantitative estimate of drug-likeness (QED) is 0.863. The van der Waals surface area contributed by atoms with E-state index in [9.17, 15) is 4.79 Å². The number of nitrogens with zero attached hydrogens (tertiary/aromatic N) is 1. The summed E-state index contributed by atoms with van der Waals surface area (Å²) in [6.45, 7) is 2.71. The maximum atomic E-state index is 11.0. The Morgan fingerprint density at radius 2 is 2.18 bits per heavy atom. The smallest absolute Gasteiger partial charge is 0.323 e. The van der Waals surface area contributed by atoms with E-state index in [0.29, 0.717) is 6.61 Å². The molecular weight excluding hydrogens is 218 g/mol. The van der Waals surface area contributed by atoms with Gasteiger partial charge in [0.15, 0.2) is 0 Å². The van der Waals surface area contributed by atoms with Crippen molar-refractivity contribution in [2.24, 2.45) is 0 Å². The van der Waals surface area contributed by atoms with Crippen molar-refractivity contribution in [2.75, 3.05) is 18.1 Å². The van der Waals surface area contributed by atoms with Crippen LogP contribution in [0.25, 0.3) is 0 Å². The summed E-state index contributed by atoms with van der Waals surface area (Å²) in [5, 5.41) is 9.01. The zero-order valence-electron chi connectivity index (χ0n) is 9.87. The van der Waals surface area contributed by atoms with E-state index < -0.39 is 5.97 Å². The predicted octanol–water partition coefficient (Wildman–Crippen LogP) is 1.76. The zero-order chi connectivity index (χ0) is 12.3. The highest BCUT2D eigenvalue weighted by atomic mass is 16.5. The molecule has 1 saturated heterocycles. The van der Waals surface area contributed by atoms with E-state index in [4.69, 9.17) is 9.84 Å². The number of carboxylic acid groups (broad SMARTS) is 1. The SMILES string of the molecule is CC1OCCC1N(CC(=O)O)c1ccccc1. The molecule has 1 N–H and O–H groups in total. The maximum Gasteiger partial charge on any atom is 0.323 e. The third kappa shape index (κ3) is 2.77. The number of hydrogen-bond donors (Lipinski definition) is 1. The molecule has 0 aliphatic carbocycles. The minimum Gasteiger partial charge on any atom is -0.480 e. The van der Waals surface area contributed by atoms with Gasteiger partial charge >= 0.3 is 5.97 Å². The van der Waals surface area contributed by atoms with E-state index in [1.165, 1.54) is 0 Å². The van der Waals surface area contributed by atoms with E-state index in [2.05, 4.69) is 0 Å². The highest BCUT2D eigenvalue weighted by molar-refractivity contribution is 5.74. The first kappa shape index (κ1) is 11.9. The number of aliphatic carboxylic acids is 1. The monoisotopic (exact) mass is 235 g/mol. The van der Waals surface area contributed by atoms with Crippen molar-refractivity contribution < 1.29 is 14.6 Å². The van der Waals surface area contributed by atoms with Gasteiger partial charge in [-0.3, -0.25) is 4.79 Å². The summed E-state index contributed by atoms with van der Waals surface area (Å²) in [6.07, 6.45) is 0.957. The fourth-order valence-electron chi connectivity index (χ4n) is 2.29. The van der Waals surface area contributed by atoms with Gasteiger partial charge < -0.3 is 14.7 Å². The molecule has 4 nitrogen and oxygen atoms in total. The third-order valence-electron chi connectivity index (χ3n) is 3.13. The molecule has 1 fully saturated rings. The first-order valence-corrected chi connectivity index (χ1v) is 5.83. The van der Waals surface area contributed by atoms with Crippen molar-refractivity contribution >= 4 is 11.7 Å². The molecule has 2 unspecified atom stereocenters. The number of carboxylic acids is 1. The number of rotatable bonds is 4. The van der Waals surface area contributed by atoms with Crippen LogP contribution in [0.1, 0.15) is 13.3 Å². The Morgan fingerprint density at radius 3 is 2.71 bits per heavy atom. The summed E-state index contributed by atoms with van der Waals surface area (Å²) in [7, 11) is 0. The van der Waals surface area contributed by atoms with Crippen LogP contribution in [0, 0.1) is 0 Å². The molecule has 1 aliphatic heterocycles. The van der Waals surface area contributed by atoms with Gasteiger partial charge in [-0.25, -0.2) is 0 Å². The molecule has 1 aromatic carbocycles. The Labute approximate surface area is 101 Å². The Morgan fingerprint density at radius 1 is 1.47 bits per heavy atom. The minimum absolute atomic E-state index is 0.0162. The van der Waals surface area contributed by atoms with Crippen LogP contribution in [0.3, 0.4) is 0 Å². The van der Waals surface area contributed by atoms with Gasteiger partial charge in [-0.15, -0.1) is 0 Å². The second kappa shape index (κ2) is 5.19. The van der Waals surface area contributed by atoms with Crippen LogP contribution in [0.15, 0.2) is 30.3 Å². The number of carbonyl (C=O) groups is 1. The average molecular weight is 235 g/mol. The first-order chi connectivity index (χ1) is 8.18. The molecule has 0 saturated carbocycles. The third-order valence-corrected chi connectivity index (χ3v) is 3.13. The molecule has 4 heteroatoms. The van der Waals surface area contributed by atoms with Crippen LogP contribution < -0.4 is 4.90 Å². The van der Waals surface area contributed by atoms with Crippen LogP contribution >= 0.6 is 0 Å². The summed E-state index contributed by atoms with van der Waals surface area (Å²) in [5.41, 5.74) is 0.942. The van der Waals surface area contributed by atoms with Gasteiger partial charge in [0, 0.05) is 12.3 Å². The molecular formula is C13H17NO3. The number of para-hydroxylation sites is 1. The van der Waals surface area contributed by atoms with Crippen molar-refractivity contribution in [2.45, 2.75) is 25.5 Å². The summed E-state index contributed by atoms with van der Waals surface area (Å²) >= 11 is 0. The summed E-state index contributed by atoms with van der Waals surface area (Å²) < 4.78 is 5.51. The van der Waals surface area contributed by atoms with E-state index in [1.54, 1.807) is 0 Å². The van der Waals surface area contributed by atoms with Crippen molar-refractivity contribution in [1.29, 1.82) is 0 Å².